The van der Waals surface area contributed by atoms with Gasteiger partial charge in [0, 0.05) is 18.8 Å². The van der Waals surface area contributed by atoms with Crippen LogP contribution in [0.5, 0.6) is 0 Å². The number of benzene rings is 1. The maximum absolute atomic E-state index is 12.8. The number of rotatable bonds is 2. The lowest BCUT2D eigenvalue weighted by atomic mass is 10.1. The predicted octanol–water partition coefficient (Wildman–Crippen LogP) is 1.91. The average molecular weight is 349 g/mol. The monoisotopic (exact) mass is 349 g/mol. The molecule has 3 heterocycles. The Morgan fingerprint density at radius 2 is 1.96 bits per heavy atom. The minimum atomic E-state index is -0.378. The van der Waals surface area contributed by atoms with E-state index in [4.69, 9.17) is 0 Å². The second-order valence-electron chi connectivity index (χ2n) is 6.53. The van der Waals surface area contributed by atoms with Gasteiger partial charge in [0.25, 0.3) is 11.5 Å². The Morgan fingerprint density at radius 3 is 2.73 bits per heavy atom. The minimum Gasteiger partial charge on any atom is -0.329 e. The molecule has 1 N–H and O–H groups in total. The first kappa shape index (κ1) is 16.3. The number of amides is 1. The number of H-pyrrole nitrogens is 1. The molecule has 7 heteroatoms. The lowest BCUT2D eigenvalue weighted by Gasteiger charge is -2.27. The third kappa shape index (κ3) is 2.81. The molecule has 1 aliphatic rings. The summed E-state index contributed by atoms with van der Waals surface area (Å²) in [5.74, 6) is 1.30. The Hall–Kier alpha value is -3.22. The van der Waals surface area contributed by atoms with E-state index in [1.165, 1.54) is 0 Å². The van der Waals surface area contributed by atoms with Crippen molar-refractivity contribution in [3.05, 3.63) is 69.5 Å². The largest absolute Gasteiger partial charge is 0.329 e. The summed E-state index contributed by atoms with van der Waals surface area (Å²) in [7, 11) is 0. The summed E-state index contributed by atoms with van der Waals surface area (Å²) >= 11 is 0. The number of hydrogen-bond acceptors (Lipinski definition) is 4. The number of aromatic nitrogens is 4. The SMILES string of the molecule is Cc1cccc(-c2ccc(C(=O)N3CCn4c(C)nnc4C3)c(=O)[nH]2)c1. The molecule has 0 unspecified atom stereocenters. The van der Waals surface area contributed by atoms with Crippen molar-refractivity contribution in [1.82, 2.24) is 24.6 Å². The second kappa shape index (κ2) is 6.25. The molecule has 26 heavy (non-hydrogen) atoms. The highest BCUT2D eigenvalue weighted by Crippen LogP contribution is 2.18. The second-order valence-corrected chi connectivity index (χ2v) is 6.53. The number of aromatic amines is 1. The molecule has 0 bridgehead atoms. The smallest absolute Gasteiger partial charge is 0.261 e. The molecular formula is C19H19N5O2. The van der Waals surface area contributed by atoms with Gasteiger partial charge in [0.1, 0.15) is 11.4 Å². The number of carbonyl (C=O) groups excluding carboxylic acids is 1. The van der Waals surface area contributed by atoms with Crippen molar-refractivity contribution in [2.75, 3.05) is 6.54 Å². The third-order valence-electron chi connectivity index (χ3n) is 4.69. The van der Waals surface area contributed by atoms with Crippen LogP contribution in [0, 0.1) is 13.8 Å². The number of hydrogen-bond donors (Lipinski definition) is 1. The normalized spacial score (nSPS) is 13.5. The molecule has 7 nitrogen and oxygen atoms in total. The van der Waals surface area contributed by atoms with Gasteiger partial charge < -0.3 is 14.5 Å². The van der Waals surface area contributed by atoms with Crippen LogP contribution in [0.2, 0.25) is 0 Å². The summed E-state index contributed by atoms with van der Waals surface area (Å²) < 4.78 is 1.99. The van der Waals surface area contributed by atoms with Crippen LogP contribution in [0.4, 0.5) is 0 Å². The van der Waals surface area contributed by atoms with Crippen molar-refractivity contribution in [2.45, 2.75) is 26.9 Å². The summed E-state index contributed by atoms with van der Waals surface area (Å²) in [6.07, 6.45) is 0. The van der Waals surface area contributed by atoms with Crippen molar-refractivity contribution in [1.29, 1.82) is 0 Å². The van der Waals surface area contributed by atoms with Crippen LogP contribution >= 0.6 is 0 Å². The molecule has 0 fully saturated rings. The maximum atomic E-state index is 12.8. The molecule has 1 amide bonds. The molecule has 0 radical (unpaired) electrons. The van der Waals surface area contributed by atoms with Crippen molar-refractivity contribution < 1.29 is 4.79 Å². The molecule has 0 saturated carbocycles. The van der Waals surface area contributed by atoms with Gasteiger partial charge >= 0.3 is 0 Å². The van der Waals surface area contributed by atoms with E-state index in [2.05, 4.69) is 15.2 Å². The topological polar surface area (TPSA) is 83.9 Å². The van der Waals surface area contributed by atoms with Crippen molar-refractivity contribution in [2.24, 2.45) is 0 Å². The van der Waals surface area contributed by atoms with Crippen molar-refractivity contribution in [3.63, 3.8) is 0 Å². The van der Waals surface area contributed by atoms with Crippen LogP contribution in [0.15, 0.2) is 41.2 Å². The highest BCUT2D eigenvalue weighted by molar-refractivity contribution is 5.94. The van der Waals surface area contributed by atoms with Gasteiger partial charge in [-0.15, -0.1) is 10.2 Å². The summed E-state index contributed by atoms with van der Waals surface area (Å²) in [6, 6.07) is 11.2. The molecule has 2 aromatic heterocycles. The average Bonchev–Trinajstić information content (AvgIpc) is 3.01. The molecule has 4 rings (SSSR count). The number of pyridine rings is 1. The van der Waals surface area contributed by atoms with E-state index in [0.717, 1.165) is 22.8 Å². The molecule has 0 atom stereocenters. The van der Waals surface area contributed by atoms with E-state index in [1.54, 1.807) is 17.0 Å². The Kier molecular flexibility index (Phi) is 3.91. The van der Waals surface area contributed by atoms with E-state index in [-0.39, 0.29) is 17.0 Å². The standard InChI is InChI=1S/C19H19N5O2/c1-12-4-3-5-14(10-12)16-7-6-15(18(25)20-16)19(26)23-8-9-24-13(2)21-22-17(24)11-23/h3-7,10H,8-9,11H2,1-2H3,(H,20,25). The van der Waals surface area contributed by atoms with Gasteiger partial charge in [-0.1, -0.05) is 23.8 Å². The number of carbonyl (C=O) groups is 1. The zero-order valence-corrected chi connectivity index (χ0v) is 14.7. The molecular weight excluding hydrogens is 330 g/mol. The summed E-state index contributed by atoms with van der Waals surface area (Å²) in [4.78, 5) is 29.7. The predicted molar refractivity (Wildman–Crippen MR) is 96.7 cm³/mol. The first-order chi connectivity index (χ1) is 12.5. The molecule has 1 aliphatic heterocycles. The molecule has 132 valence electrons. The molecule has 1 aromatic carbocycles. The third-order valence-corrected chi connectivity index (χ3v) is 4.69. The van der Waals surface area contributed by atoms with Crippen LogP contribution in [0.25, 0.3) is 11.3 Å². The number of aryl methyl sites for hydroxylation is 2. The van der Waals surface area contributed by atoms with Gasteiger partial charge in [-0.2, -0.15) is 0 Å². The molecule has 0 saturated heterocycles. The van der Waals surface area contributed by atoms with Crippen LogP contribution < -0.4 is 5.56 Å². The zero-order valence-electron chi connectivity index (χ0n) is 14.7. The van der Waals surface area contributed by atoms with Crippen molar-refractivity contribution >= 4 is 5.91 Å². The Balaban J connectivity index is 1.60. The first-order valence-electron chi connectivity index (χ1n) is 8.51. The van der Waals surface area contributed by atoms with Gasteiger partial charge in [0.2, 0.25) is 0 Å². The van der Waals surface area contributed by atoms with E-state index in [0.29, 0.717) is 25.3 Å². The van der Waals surface area contributed by atoms with Gasteiger partial charge in [0.15, 0.2) is 5.82 Å². The zero-order chi connectivity index (χ0) is 18.3. The fraction of sp³-hybridized carbons (Fsp3) is 0.263. The number of fused-ring (bicyclic) bond motifs is 1. The van der Waals surface area contributed by atoms with Gasteiger partial charge in [-0.05, 0) is 37.6 Å². The lowest BCUT2D eigenvalue weighted by Crippen LogP contribution is -2.40. The molecule has 3 aromatic rings. The Bertz CT molecular complexity index is 1050. The lowest BCUT2D eigenvalue weighted by molar-refractivity contribution is 0.0705. The summed E-state index contributed by atoms with van der Waals surface area (Å²) in [5.41, 5.74) is 2.49. The quantitative estimate of drug-likeness (QED) is 0.766. The van der Waals surface area contributed by atoms with Crippen molar-refractivity contribution in [3.8, 4) is 11.3 Å². The Labute approximate surface area is 150 Å². The molecule has 0 aliphatic carbocycles. The van der Waals surface area contributed by atoms with Gasteiger partial charge in [-0.25, -0.2) is 0 Å². The summed E-state index contributed by atoms with van der Waals surface area (Å²) in [5, 5.41) is 8.14. The van der Waals surface area contributed by atoms with Gasteiger partial charge in [0.05, 0.1) is 6.54 Å². The van der Waals surface area contributed by atoms with Crippen LogP contribution in [0.1, 0.15) is 27.6 Å². The van der Waals surface area contributed by atoms with Gasteiger partial charge in [-0.3, -0.25) is 9.59 Å². The highest BCUT2D eigenvalue weighted by atomic mass is 16.2. The van der Waals surface area contributed by atoms with E-state index < -0.39 is 0 Å². The summed E-state index contributed by atoms with van der Waals surface area (Å²) in [6.45, 7) is 5.42. The number of nitrogens with zero attached hydrogens (tertiary/aromatic N) is 4. The van der Waals surface area contributed by atoms with Crippen LogP contribution in [0.3, 0.4) is 0 Å². The number of nitrogens with one attached hydrogen (secondary N) is 1. The van der Waals surface area contributed by atoms with Crippen LogP contribution in [-0.4, -0.2) is 37.1 Å². The van der Waals surface area contributed by atoms with E-state index in [9.17, 15) is 9.59 Å². The van der Waals surface area contributed by atoms with E-state index >= 15 is 0 Å². The first-order valence-corrected chi connectivity index (χ1v) is 8.51. The van der Waals surface area contributed by atoms with E-state index in [1.807, 2.05) is 42.7 Å². The maximum Gasteiger partial charge on any atom is 0.261 e. The fourth-order valence-corrected chi connectivity index (χ4v) is 3.27. The minimum absolute atomic E-state index is 0.145. The molecule has 0 spiro atoms. The van der Waals surface area contributed by atoms with Crippen LogP contribution in [-0.2, 0) is 13.1 Å². The Morgan fingerprint density at radius 1 is 1.12 bits per heavy atom. The fourth-order valence-electron chi connectivity index (χ4n) is 3.27. The highest BCUT2D eigenvalue weighted by Gasteiger charge is 2.25.